The number of hydrogen-bond donors (Lipinski definition) is 1. The maximum Gasteiger partial charge on any atom is 0.407 e. The summed E-state index contributed by atoms with van der Waals surface area (Å²) in [6.45, 7) is 11.0. The molecule has 0 saturated heterocycles. The molecular formula is C14H27NO5S. The van der Waals surface area contributed by atoms with Crippen LogP contribution in [0.3, 0.4) is 0 Å². The van der Waals surface area contributed by atoms with E-state index in [0.717, 1.165) is 0 Å². The minimum Gasteiger partial charge on any atom is -0.444 e. The molecule has 0 aromatic heterocycles. The van der Waals surface area contributed by atoms with E-state index in [0.29, 0.717) is 6.42 Å². The zero-order valence-corrected chi connectivity index (χ0v) is 14.5. The van der Waals surface area contributed by atoms with Crippen molar-refractivity contribution in [3.05, 3.63) is 0 Å². The van der Waals surface area contributed by atoms with Crippen molar-refractivity contribution in [3.8, 4) is 0 Å². The smallest absolute Gasteiger partial charge is 0.407 e. The monoisotopic (exact) mass is 321 g/mol. The van der Waals surface area contributed by atoms with Gasteiger partial charge in [0.15, 0.2) is 0 Å². The van der Waals surface area contributed by atoms with E-state index in [2.05, 4.69) is 5.32 Å². The molecule has 1 saturated carbocycles. The van der Waals surface area contributed by atoms with Crippen LogP contribution in [0.15, 0.2) is 0 Å². The van der Waals surface area contributed by atoms with Gasteiger partial charge < -0.3 is 10.1 Å². The molecule has 1 amide bonds. The number of hydrogen-bond acceptors (Lipinski definition) is 5. The molecule has 0 aliphatic heterocycles. The molecule has 0 aromatic rings. The summed E-state index contributed by atoms with van der Waals surface area (Å²) in [5.41, 5.74) is -0.877. The standard InChI is InChI=1S/C14H27NO5S/c1-13(2,3)9-21(17,18)19-8-10-7-11(10)15-12(16)20-14(4,5)6/h10-11H,7-9H2,1-6H3,(H,15,16)/t10-,11-/m0/s1. The third-order valence-electron chi connectivity index (χ3n) is 2.70. The van der Waals surface area contributed by atoms with Gasteiger partial charge >= 0.3 is 6.09 Å². The van der Waals surface area contributed by atoms with E-state index < -0.39 is 21.8 Å². The molecule has 1 N–H and O–H groups in total. The molecule has 0 spiro atoms. The van der Waals surface area contributed by atoms with Gasteiger partial charge in [0.25, 0.3) is 10.1 Å². The molecule has 1 rings (SSSR count). The lowest BCUT2D eigenvalue weighted by Crippen LogP contribution is -2.34. The van der Waals surface area contributed by atoms with Crippen LogP contribution in [0.5, 0.6) is 0 Å². The van der Waals surface area contributed by atoms with Crippen LogP contribution in [0.1, 0.15) is 48.0 Å². The first-order valence-corrected chi connectivity index (χ1v) is 8.72. The first kappa shape index (κ1) is 18.2. The predicted octanol–water partition coefficient (Wildman–Crippen LogP) is 2.29. The first-order chi connectivity index (χ1) is 9.27. The topological polar surface area (TPSA) is 81.7 Å². The highest BCUT2D eigenvalue weighted by atomic mass is 32.2. The van der Waals surface area contributed by atoms with Gasteiger partial charge in [0, 0.05) is 12.0 Å². The second-order valence-electron chi connectivity index (χ2n) is 7.80. The van der Waals surface area contributed by atoms with Crippen molar-refractivity contribution in [2.24, 2.45) is 11.3 Å². The van der Waals surface area contributed by atoms with Gasteiger partial charge in [-0.25, -0.2) is 4.79 Å². The van der Waals surface area contributed by atoms with Crippen LogP contribution in [-0.2, 0) is 19.0 Å². The fourth-order valence-electron chi connectivity index (χ4n) is 1.83. The van der Waals surface area contributed by atoms with Crippen LogP contribution in [-0.4, -0.2) is 38.5 Å². The molecule has 124 valence electrons. The molecular weight excluding hydrogens is 294 g/mol. The molecule has 1 fully saturated rings. The van der Waals surface area contributed by atoms with Gasteiger partial charge in [-0.3, -0.25) is 4.18 Å². The second kappa shape index (κ2) is 6.12. The summed E-state index contributed by atoms with van der Waals surface area (Å²) in [5.74, 6) is 0.0175. The van der Waals surface area contributed by atoms with Crippen molar-refractivity contribution >= 4 is 16.2 Å². The molecule has 0 radical (unpaired) electrons. The number of amides is 1. The zero-order valence-electron chi connectivity index (χ0n) is 13.7. The summed E-state index contributed by atoms with van der Waals surface area (Å²) in [6, 6.07) is -0.0651. The van der Waals surface area contributed by atoms with E-state index in [1.165, 1.54) is 0 Å². The van der Waals surface area contributed by atoms with Gasteiger partial charge in [0.05, 0.1) is 12.4 Å². The summed E-state index contributed by atoms with van der Waals surface area (Å²) in [6.07, 6.45) is 0.233. The van der Waals surface area contributed by atoms with Gasteiger partial charge in [0.2, 0.25) is 0 Å². The van der Waals surface area contributed by atoms with Crippen molar-refractivity contribution in [2.45, 2.75) is 59.6 Å². The number of carbonyl (C=O) groups is 1. The lowest BCUT2D eigenvalue weighted by atomic mass is 10.0. The Kier molecular flexibility index (Phi) is 5.31. The summed E-state index contributed by atoms with van der Waals surface area (Å²) in [4.78, 5) is 11.6. The average Bonchev–Trinajstić information content (AvgIpc) is 2.86. The lowest BCUT2D eigenvalue weighted by molar-refractivity contribution is 0.0520. The fraction of sp³-hybridized carbons (Fsp3) is 0.929. The summed E-state index contributed by atoms with van der Waals surface area (Å²) in [7, 11) is -3.52. The summed E-state index contributed by atoms with van der Waals surface area (Å²) >= 11 is 0. The van der Waals surface area contributed by atoms with Crippen molar-refractivity contribution in [3.63, 3.8) is 0 Å². The third-order valence-corrected chi connectivity index (χ3v) is 4.41. The van der Waals surface area contributed by atoms with E-state index in [1.54, 1.807) is 20.8 Å². The van der Waals surface area contributed by atoms with Crippen LogP contribution in [0, 0.1) is 11.3 Å². The van der Waals surface area contributed by atoms with Crippen LogP contribution in [0.2, 0.25) is 0 Å². The highest BCUT2D eigenvalue weighted by Crippen LogP contribution is 2.31. The Balaban J connectivity index is 2.30. The Morgan fingerprint density at radius 3 is 2.24 bits per heavy atom. The highest BCUT2D eigenvalue weighted by molar-refractivity contribution is 7.86. The van der Waals surface area contributed by atoms with Gasteiger partial charge in [-0.05, 0) is 32.6 Å². The molecule has 21 heavy (non-hydrogen) atoms. The highest BCUT2D eigenvalue weighted by Gasteiger charge is 2.40. The molecule has 0 aromatic carbocycles. The molecule has 0 heterocycles. The number of nitrogens with one attached hydrogen (secondary N) is 1. The van der Waals surface area contributed by atoms with Crippen molar-refractivity contribution < 1.29 is 22.1 Å². The maximum atomic E-state index is 11.8. The number of alkyl carbamates (subject to hydrolysis) is 1. The number of ether oxygens (including phenoxy) is 1. The molecule has 6 nitrogen and oxygen atoms in total. The van der Waals surface area contributed by atoms with Crippen LogP contribution < -0.4 is 5.32 Å². The zero-order chi connectivity index (χ0) is 16.5. The Labute approximate surface area is 127 Å². The largest absolute Gasteiger partial charge is 0.444 e. The van der Waals surface area contributed by atoms with Gasteiger partial charge in [0.1, 0.15) is 5.60 Å². The fourth-order valence-corrected chi connectivity index (χ4v) is 3.36. The van der Waals surface area contributed by atoms with E-state index in [1.807, 2.05) is 20.8 Å². The Bertz CT molecular complexity index is 473. The second-order valence-corrected chi connectivity index (χ2v) is 9.44. The van der Waals surface area contributed by atoms with Crippen LogP contribution in [0.4, 0.5) is 4.79 Å². The minimum absolute atomic E-state index is 0.0170. The molecule has 7 heteroatoms. The number of carbonyl (C=O) groups excluding carboxylic acids is 1. The predicted molar refractivity (Wildman–Crippen MR) is 80.5 cm³/mol. The average molecular weight is 321 g/mol. The number of rotatable bonds is 5. The Morgan fingerprint density at radius 1 is 1.19 bits per heavy atom. The summed E-state index contributed by atoms with van der Waals surface area (Å²) < 4.78 is 33.7. The van der Waals surface area contributed by atoms with Gasteiger partial charge in [-0.2, -0.15) is 8.42 Å². The summed E-state index contributed by atoms with van der Waals surface area (Å²) in [5, 5.41) is 2.71. The van der Waals surface area contributed by atoms with Crippen molar-refractivity contribution in [2.75, 3.05) is 12.4 Å². The van der Waals surface area contributed by atoms with E-state index in [-0.39, 0.29) is 29.7 Å². The van der Waals surface area contributed by atoms with Crippen molar-refractivity contribution in [1.29, 1.82) is 0 Å². The normalized spacial score (nSPS) is 22.8. The molecule has 2 atom stereocenters. The van der Waals surface area contributed by atoms with E-state index >= 15 is 0 Å². The quantitative estimate of drug-likeness (QED) is 0.786. The van der Waals surface area contributed by atoms with Crippen LogP contribution >= 0.6 is 0 Å². The Morgan fingerprint density at radius 2 is 1.76 bits per heavy atom. The van der Waals surface area contributed by atoms with E-state index in [4.69, 9.17) is 8.92 Å². The van der Waals surface area contributed by atoms with Crippen molar-refractivity contribution in [1.82, 2.24) is 5.32 Å². The lowest BCUT2D eigenvalue weighted by Gasteiger charge is -2.19. The SMILES string of the molecule is CC(C)(C)CS(=O)(=O)OC[C@@H]1C[C@@H]1NC(=O)OC(C)(C)C. The first-order valence-electron chi connectivity index (χ1n) is 7.14. The molecule has 1 aliphatic carbocycles. The molecule has 0 bridgehead atoms. The van der Waals surface area contributed by atoms with Crippen LogP contribution in [0.25, 0.3) is 0 Å². The minimum atomic E-state index is -3.52. The van der Waals surface area contributed by atoms with Gasteiger partial charge in [-0.1, -0.05) is 20.8 Å². The van der Waals surface area contributed by atoms with E-state index in [9.17, 15) is 13.2 Å². The molecule has 1 aliphatic rings. The maximum absolute atomic E-state index is 11.8. The molecule has 0 unspecified atom stereocenters. The van der Waals surface area contributed by atoms with Gasteiger partial charge in [-0.15, -0.1) is 0 Å². The Hall–Kier alpha value is -0.820. The third kappa shape index (κ3) is 8.26.